The maximum absolute atomic E-state index is 11.9. The van der Waals surface area contributed by atoms with Gasteiger partial charge in [0.05, 0.1) is 7.11 Å². The van der Waals surface area contributed by atoms with E-state index >= 15 is 0 Å². The molecule has 0 saturated carbocycles. The largest absolute Gasteiger partial charge is 0.468 e. The number of hydrogen-bond donors (Lipinski definition) is 1. The van der Waals surface area contributed by atoms with E-state index in [1.807, 2.05) is 13.8 Å². The quantitative estimate of drug-likeness (QED) is 0.829. The predicted molar refractivity (Wildman–Crippen MR) is 79.1 cm³/mol. The van der Waals surface area contributed by atoms with Crippen LogP contribution in [-0.4, -0.2) is 47.1 Å². The highest BCUT2D eigenvalue weighted by molar-refractivity contribution is 5.77. The van der Waals surface area contributed by atoms with Gasteiger partial charge in [-0.2, -0.15) is 0 Å². The molecule has 23 heavy (non-hydrogen) atoms. The van der Waals surface area contributed by atoms with Crippen LogP contribution in [0.3, 0.4) is 0 Å². The van der Waals surface area contributed by atoms with Gasteiger partial charge in [-0.05, 0) is 23.9 Å². The second-order valence-electron chi connectivity index (χ2n) is 5.86. The number of nitrogens with zero attached hydrogens (tertiary/aromatic N) is 2. The van der Waals surface area contributed by atoms with Gasteiger partial charge in [-0.15, -0.1) is 0 Å². The number of carboxylic acid groups (broad SMARTS) is 1. The van der Waals surface area contributed by atoms with Crippen LogP contribution in [0.25, 0.3) is 0 Å². The van der Waals surface area contributed by atoms with Gasteiger partial charge in [-0.3, -0.25) is 9.69 Å². The van der Waals surface area contributed by atoms with Crippen molar-refractivity contribution in [1.29, 1.82) is 0 Å². The molecule has 1 saturated heterocycles. The third kappa shape index (κ3) is 3.94. The average molecular weight is 326 g/mol. The molecule has 2 heterocycles. The number of methoxy groups -OCH3 is 1. The number of carbonyl (C=O) groups excluding carboxylic acids is 1. The molecule has 1 fully saturated rings. The van der Waals surface area contributed by atoms with Gasteiger partial charge in [0.25, 0.3) is 5.88 Å². The first kappa shape index (κ1) is 17.1. The summed E-state index contributed by atoms with van der Waals surface area (Å²) in [5, 5.41) is 13.0. The van der Waals surface area contributed by atoms with Crippen molar-refractivity contribution in [3.63, 3.8) is 0 Å². The summed E-state index contributed by atoms with van der Waals surface area (Å²) in [5.74, 6) is -0.500. The van der Waals surface area contributed by atoms with Crippen LogP contribution < -0.4 is 4.74 Å². The topological polar surface area (TPSA) is 102 Å². The Morgan fingerprint density at radius 1 is 1.43 bits per heavy atom. The molecule has 1 amide bonds. The third-order valence-electron chi connectivity index (χ3n) is 3.89. The normalized spacial score (nSPS) is 19.5. The maximum Gasteiger partial charge on any atom is 0.410 e. The Hall–Kier alpha value is -2.25. The van der Waals surface area contributed by atoms with Crippen molar-refractivity contribution in [1.82, 2.24) is 10.1 Å². The molecule has 1 aliphatic heterocycles. The molecule has 8 nitrogen and oxygen atoms in total. The number of aromatic nitrogens is 1. The lowest BCUT2D eigenvalue weighted by Crippen LogP contribution is -2.46. The van der Waals surface area contributed by atoms with Gasteiger partial charge in [-0.25, -0.2) is 4.79 Å². The van der Waals surface area contributed by atoms with Gasteiger partial charge < -0.3 is 19.1 Å². The summed E-state index contributed by atoms with van der Waals surface area (Å²) in [7, 11) is 1.32. The van der Waals surface area contributed by atoms with Crippen molar-refractivity contribution < 1.29 is 28.7 Å². The molecule has 0 aromatic carbocycles. The molecule has 2 atom stereocenters. The Kier molecular flexibility index (Phi) is 5.46. The molecular formula is C15H22N2O6. The summed E-state index contributed by atoms with van der Waals surface area (Å²) in [6.07, 6.45) is 0.686. The standard InChI is InChI=1S/C15H22N2O6/c1-9(2)13(14(18)21-3)10-8-11(16-23-10)22-12-6-4-5-7-17(12)15(19)20/h8-9,12-13H,4-7H2,1-3H3,(H,19,20). The first-order valence-electron chi connectivity index (χ1n) is 7.64. The molecule has 2 unspecified atom stereocenters. The molecule has 1 aromatic rings. The average Bonchev–Trinajstić information content (AvgIpc) is 2.95. The van der Waals surface area contributed by atoms with Crippen LogP contribution in [-0.2, 0) is 9.53 Å². The molecule has 0 aliphatic carbocycles. The minimum Gasteiger partial charge on any atom is -0.468 e. The van der Waals surface area contributed by atoms with E-state index in [1.54, 1.807) is 0 Å². The second-order valence-corrected chi connectivity index (χ2v) is 5.86. The highest BCUT2D eigenvalue weighted by atomic mass is 16.6. The van der Waals surface area contributed by atoms with Gasteiger partial charge in [0.15, 0.2) is 12.0 Å². The van der Waals surface area contributed by atoms with Crippen LogP contribution in [0.5, 0.6) is 5.88 Å². The Labute approximate surface area is 134 Å². The van der Waals surface area contributed by atoms with E-state index in [0.29, 0.717) is 18.7 Å². The third-order valence-corrected chi connectivity index (χ3v) is 3.89. The van der Waals surface area contributed by atoms with E-state index < -0.39 is 24.2 Å². The zero-order valence-corrected chi connectivity index (χ0v) is 13.5. The van der Waals surface area contributed by atoms with E-state index in [-0.39, 0.29) is 11.8 Å². The van der Waals surface area contributed by atoms with Crippen LogP contribution in [0.2, 0.25) is 0 Å². The molecule has 0 spiro atoms. The van der Waals surface area contributed by atoms with Gasteiger partial charge in [0.1, 0.15) is 5.92 Å². The molecule has 2 rings (SSSR count). The maximum atomic E-state index is 11.9. The number of hydrogen-bond acceptors (Lipinski definition) is 6. The van der Waals surface area contributed by atoms with E-state index in [0.717, 1.165) is 12.8 Å². The van der Waals surface area contributed by atoms with Crippen molar-refractivity contribution in [3.8, 4) is 5.88 Å². The van der Waals surface area contributed by atoms with Crippen molar-refractivity contribution in [2.45, 2.75) is 45.3 Å². The monoisotopic (exact) mass is 326 g/mol. The minimum absolute atomic E-state index is 0.0338. The van der Waals surface area contributed by atoms with Crippen molar-refractivity contribution in [3.05, 3.63) is 11.8 Å². The highest BCUT2D eigenvalue weighted by Gasteiger charge is 2.32. The van der Waals surface area contributed by atoms with Crippen molar-refractivity contribution >= 4 is 12.1 Å². The molecule has 128 valence electrons. The number of rotatable bonds is 5. The van der Waals surface area contributed by atoms with E-state index in [4.69, 9.17) is 14.0 Å². The number of piperidine rings is 1. The highest BCUT2D eigenvalue weighted by Crippen LogP contribution is 2.29. The van der Waals surface area contributed by atoms with Crippen LogP contribution in [0.4, 0.5) is 4.79 Å². The van der Waals surface area contributed by atoms with E-state index in [2.05, 4.69) is 5.16 Å². The summed E-state index contributed by atoms with van der Waals surface area (Å²) in [6, 6.07) is 1.52. The summed E-state index contributed by atoms with van der Waals surface area (Å²) >= 11 is 0. The van der Waals surface area contributed by atoms with Gasteiger partial charge in [0.2, 0.25) is 0 Å². The smallest absolute Gasteiger partial charge is 0.410 e. The lowest BCUT2D eigenvalue weighted by molar-refractivity contribution is -0.144. The van der Waals surface area contributed by atoms with Crippen LogP contribution in [0.1, 0.15) is 44.8 Å². The van der Waals surface area contributed by atoms with Crippen molar-refractivity contribution in [2.75, 3.05) is 13.7 Å². The molecule has 1 N–H and O–H groups in total. The molecule has 1 aliphatic rings. The fourth-order valence-electron chi connectivity index (χ4n) is 2.70. The van der Waals surface area contributed by atoms with Crippen LogP contribution >= 0.6 is 0 Å². The zero-order valence-electron chi connectivity index (χ0n) is 13.5. The van der Waals surface area contributed by atoms with Crippen molar-refractivity contribution in [2.24, 2.45) is 5.92 Å². The molecule has 0 bridgehead atoms. The predicted octanol–water partition coefficient (Wildman–Crippen LogP) is 2.46. The molecule has 8 heteroatoms. The van der Waals surface area contributed by atoms with Crippen LogP contribution in [0.15, 0.2) is 10.6 Å². The Bertz CT molecular complexity index is 556. The minimum atomic E-state index is -1.02. The summed E-state index contributed by atoms with van der Waals surface area (Å²) < 4.78 is 15.6. The van der Waals surface area contributed by atoms with Gasteiger partial charge in [0, 0.05) is 19.0 Å². The Morgan fingerprint density at radius 3 is 2.78 bits per heavy atom. The first-order chi connectivity index (χ1) is 10.9. The summed E-state index contributed by atoms with van der Waals surface area (Å²) in [4.78, 5) is 24.3. The van der Waals surface area contributed by atoms with E-state index in [9.17, 15) is 14.7 Å². The summed E-state index contributed by atoms with van der Waals surface area (Å²) in [5.41, 5.74) is 0. The van der Waals surface area contributed by atoms with Gasteiger partial charge in [-0.1, -0.05) is 13.8 Å². The lowest BCUT2D eigenvalue weighted by Gasteiger charge is -2.32. The summed E-state index contributed by atoms with van der Waals surface area (Å²) in [6.45, 7) is 4.18. The second kappa shape index (κ2) is 7.34. The first-order valence-corrected chi connectivity index (χ1v) is 7.64. The Morgan fingerprint density at radius 2 is 2.17 bits per heavy atom. The number of esters is 1. The van der Waals surface area contributed by atoms with E-state index in [1.165, 1.54) is 18.1 Å². The molecule has 1 aromatic heterocycles. The zero-order chi connectivity index (χ0) is 17.0. The number of ether oxygens (including phenoxy) is 2. The number of amides is 1. The Balaban J connectivity index is 2.12. The SMILES string of the molecule is COC(=O)C(c1cc(OC2CCCCN2C(=O)O)no1)C(C)C. The number of carbonyl (C=O) groups is 2. The molecule has 0 radical (unpaired) electrons. The lowest BCUT2D eigenvalue weighted by atomic mass is 9.93. The fraction of sp³-hybridized carbons (Fsp3) is 0.667. The fourth-order valence-corrected chi connectivity index (χ4v) is 2.70. The van der Waals surface area contributed by atoms with Gasteiger partial charge >= 0.3 is 12.1 Å². The van der Waals surface area contributed by atoms with Crippen LogP contribution in [0, 0.1) is 5.92 Å². The number of likely N-dealkylation sites (tertiary alicyclic amines) is 1. The molecular weight excluding hydrogens is 304 g/mol.